The zero-order valence-corrected chi connectivity index (χ0v) is 15.7. The quantitative estimate of drug-likeness (QED) is 0.635. The molecule has 1 atom stereocenters. The molecular weight excluding hydrogens is 350 g/mol. The lowest BCUT2D eigenvalue weighted by atomic mass is 10.0. The Labute approximate surface area is 164 Å². The highest BCUT2D eigenvalue weighted by Crippen LogP contribution is 2.31. The summed E-state index contributed by atoms with van der Waals surface area (Å²) in [4.78, 5) is 26.7. The Morgan fingerprint density at radius 1 is 0.893 bits per heavy atom. The molecule has 4 rings (SSSR count). The van der Waals surface area contributed by atoms with Gasteiger partial charge in [0.1, 0.15) is 0 Å². The third kappa shape index (κ3) is 3.54. The van der Waals surface area contributed by atoms with Crippen LogP contribution < -0.4 is 4.90 Å². The molecule has 0 aromatic heterocycles. The van der Waals surface area contributed by atoms with Gasteiger partial charge in [0.2, 0.25) is 0 Å². The highest BCUT2D eigenvalue weighted by atomic mass is 16.5. The second-order valence-electron chi connectivity index (χ2n) is 6.97. The van der Waals surface area contributed by atoms with Crippen LogP contribution in [0, 0.1) is 0 Å². The monoisotopic (exact) mass is 371 g/mol. The van der Waals surface area contributed by atoms with Gasteiger partial charge in [-0.05, 0) is 48.2 Å². The van der Waals surface area contributed by atoms with E-state index < -0.39 is 5.97 Å². The average Bonchev–Trinajstić information content (AvgIpc) is 3.08. The van der Waals surface area contributed by atoms with Gasteiger partial charge < -0.3 is 9.64 Å². The molecule has 1 aliphatic heterocycles. The minimum absolute atomic E-state index is 0.0637. The van der Waals surface area contributed by atoms with Gasteiger partial charge in [-0.15, -0.1) is 0 Å². The molecule has 0 saturated carbocycles. The molecule has 1 amide bonds. The van der Waals surface area contributed by atoms with Crippen molar-refractivity contribution in [2.24, 2.45) is 0 Å². The number of carbonyl (C=O) groups excluding carboxylic acids is 2. The molecule has 0 spiro atoms. The van der Waals surface area contributed by atoms with Crippen molar-refractivity contribution in [3.05, 3.63) is 90.0 Å². The van der Waals surface area contributed by atoms with E-state index in [1.807, 2.05) is 73.7 Å². The second kappa shape index (κ2) is 7.69. The van der Waals surface area contributed by atoms with Crippen LogP contribution in [0.15, 0.2) is 78.9 Å². The SMILES string of the molecule is C[C@@H]1Cc2ccccc2N1C(=O)COC(=O)c1ccc(-c2ccccc2)cc1. The van der Waals surface area contributed by atoms with Crippen LogP contribution in [-0.2, 0) is 16.0 Å². The third-order valence-corrected chi connectivity index (χ3v) is 5.03. The maximum Gasteiger partial charge on any atom is 0.338 e. The first-order chi connectivity index (χ1) is 13.6. The highest BCUT2D eigenvalue weighted by molar-refractivity contribution is 5.99. The standard InChI is InChI=1S/C24H21NO3/c1-17-15-21-9-5-6-10-22(21)25(17)23(26)16-28-24(27)20-13-11-19(12-14-20)18-7-3-2-4-8-18/h2-14,17H,15-16H2,1H3/t17-/m1/s1. The summed E-state index contributed by atoms with van der Waals surface area (Å²) in [6.07, 6.45) is 0.816. The Morgan fingerprint density at radius 3 is 2.29 bits per heavy atom. The zero-order valence-electron chi connectivity index (χ0n) is 15.7. The number of rotatable bonds is 4. The number of hydrogen-bond donors (Lipinski definition) is 0. The average molecular weight is 371 g/mol. The van der Waals surface area contributed by atoms with Crippen molar-refractivity contribution in [1.82, 2.24) is 0 Å². The molecule has 28 heavy (non-hydrogen) atoms. The van der Waals surface area contributed by atoms with Crippen molar-refractivity contribution in [3.8, 4) is 11.1 Å². The summed E-state index contributed by atoms with van der Waals surface area (Å²) < 4.78 is 5.28. The molecule has 0 bridgehead atoms. The molecule has 0 aliphatic carbocycles. The first-order valence-electron chi connectivity index (χ1n) is 9.36. The van der Waals surface area contributed by atoms with Crippen LogP contribution in [-0.4, -0.2) is 24.5 Å². The van der Waals surface area contributed by atoms with E-state index in [-0.39, 0.29) is 18.6 Å². The molecule has 0 radical (unpaired) electrons. The number of amides is 1. The second-order valence-corrected chi connectivity index (χ2v) is 6.97. The summed E-state index contributed by atoms with van der Waals surface area (Å²) in [5.41, 5.74) is 4.59. The van der Waals surface area contributed by atoms with Crippen molar-refractivity contribution < 1.29 is 14.3 Å². The van der Waals surface area contributed by atoms with E-state index in [0.29, 0.717) is 5.56 Å². The number of nitrogens with zero attached hydrogens (tertiary/aromatic N) is 1. The van der Waals surface area contributed by atoms with E-state index in [1.54, 1.807) is 17.0 Å². The van der Waals surface area contributed by atoms with Crippen LogP contribution in [0.3, 0.4) is 0 Å². The van der Waals surface area contributed by atoms with Crippen LogP contribution in [0.4, 0.5) is 5.69 Å². The Balaban J connectivity index is 1.40. The van der Waals surface area contributed by atoms with Crippen molar-refractivity contribution in [2.75, 3.05) is 11.5 Å². The number of para-hydroxylation sites is 1. The molecule has 0 unspecified atom stereocenters. The van der Waals surface area contributed by atoms with E-state index >= 15 is 0 Å². The molecule has 1 heterocycles. The molecule has 0 saturated heterocycles. The molecular formula is C24H21NO3. The molecule has 3 aromatic carbocycles. The summed E-state index contributed by atoms with van der Waals surface area (Å²) in [5, 5.41) is 0. The summed E-state index contributed by atoms with van der Waals surface area (Å²) in [7, 11) is 0. The highest BCUT2D eigenvalue weighted by Gasteiger charge is 2.31. The van der Waals surface area contributed by atoms with Crippen LogP contribution in [0.2, 0.25) is 0 Å². The number of anilines is 1. The Bertz CT molecular complexity index is 996. The van der Waals surface area contributed by atoms with Crippen molar-refractivity contribution in [2.45, 2.75) is 19.4 Å². The minimum atomic E-state index is -0.493. The topological polar surface area (TPSA) is 46.6 Å². The summed E-state index contributed by atoms with van der Waals surface area (Å²) in [6, 6.07) is 25.1. The first kappa shape index (κ1) is 18.0. The lowest BCUT2D eigenvalue weighted by Crippen LogP contribution is -2.38. The van der Waals surface area contributed by atoms with Gasteiger partial charge in [-0.2, -0.15) is 0 Å². The van der Waals surface area contributed by atoms with Crippen molar-refractivity contribution in [1.29, 1.82) is 0 Å². The van der Waals surface area contributed by atoms with Crippen LogP contribution >= 0.6 is 0 Å². The predicted molar refractivity (Wildman–Crippen MR) is 109 cm³/mol. The minimum Gasteiger partial charge on any atom is -0.452 e. The third-order valence-electron chi connectivity index (χ3n) is 5.03. The number of hydrogen-bond acceptors (Lipinski definition) is 3. The smallest absolute Gasteiger partial charge is 0.338 e. The van der Waals surface area contributed by atoms with Crippen LogP contribution in [0.5, 0.6) is 0 Å². The summed E-state index contributed by atoms with van der Waals surface area (Å²) in [6.45, 7) is 1.74. The van der Waals surface area contributed by atoms with Gasteiger partial charge in [-0.3, -0.25) is 4.79 Å². The predicted octanol–water partition coefficient (Wildman–Crippen LogP) is 4.49. The first-order valence-corrected chi connectivity index (χ1v) is 9.36. The van der Waals surface area contributed by atoms with E-state index in [1.165, 1.54) is 0 Å². The van der Waals surface area contributed by atoms with Gasteiger partial charge >= 0.3 is 5.97 Å². The van der Waals surface area contributed by atoms with E-state index in [0.717, 1.165) is 28.8 Å². The van der Waals surface area contributed by atoms with Crippen LogP contribution in [0.1, 0.15) is 22.8 Å². The fourth-order valence-corrected chi connectivity index (χ4v) is 3.66. The molecule has 4 nitrogen and oxygen atoms in total. The number of fused-ring (bicyclic) bond motifs is 1. The van der Waals surface area contributed by atoms with Gasteiger partial charge in [0.05, 0.1) is 5.56 Å². The lowest BCUT2D eigenvalue weighted by molar-refractivity contribution is -0.122. The normalized spacial score (nSPS) is 15.2. The van der Waals surface area contributed by atoms with E-state index in [2.05, 4.69) is 0 Å². The van der Waals surface area contributed by atoms with E-state index in [9.17, 15) is 9.59 Å². The van der Waals surface area contributed by atoms with Crippen molar-refractivity contribution >= 4 is 17.6 Å². The molecule has 3 aromatic rings. The van der Waals surface area contributed by atoms with Gasteiger partial charge in [0, 0.05) is 11.7 Å². The Kier molecular flexibility index (Phi) is 4.94. The number of carbonyl (C=O) groups is 2. The zero-order chi connectivity index (χ0) is 19.5. The fraction of sp³-hybridized carbons (Fsp3) is 0.167. The molecule has 140 valence electrons. The van der Waals surface area contributed by atoms with Crippen LogP contribution in [0.25, 0.3) is 11.1 Å². The Morgan fingerprint density at radius 2 is 1.54 bits per heavy atom. The van der Waals surface area contributed by atoms with Gasteiger partial charge in [0.15, 0.2) is 6.61 Å². The lowest BCUT2D eigenvalue weighted by Gasteiger charge is -2.22. The maximum atomic E-state index is 12.6. The van der Waals surface area contributed by atoms with Gasteiger partial charge in [-0.25, -0.2) is 4.79 Å². The van der Waals surface area contributed by atoms with Gasteiger partial charge in [-0.1, -0.05) is 60.7 Å². The van der Waals surface area contributed by atoms with E-state index in [4.69, 9.17) is 4.74 Å². The number of ether oxygens (including phenoxy) is 1. The summed E-state index contributed by atoms with van der Waals surface area (Å²) >= 11 is 0. The molecule has 0 N–H and O–H groups in total. The van der Waals surface area contributed by atoms with Crippen molar-refractivity contribution in [3.63, 3.8) is 0 Å². The molecule has 0 fully saturated rings. The maximum absolute atomic E-state index is 12.6. The Hall–Kier alpha value is -3.40. The number of benzene rings is 3. The molecule has 4 heteroatoms. The fourth-order valence-electron chi connectivity index (χ4n) is 3.66. The molecule has 1 aliphatic rings. The van der Waals surface area contributed by atoms with Gasteiger partial charge in [0.25, 0.3) is 5.91 Å². The summed E-state index contributed by atoms with van der Waals surface area (Å²) in [5.74, 6) is -0.695. The number of esters is 1. The largest absolute Gasteiger partial charge is 0.452 e.